The number of aromatic carboxylic acids is 1. The molecule has 2 amide bonds. The normalized spacial score (nSPS) is 12.0. The number of carboxylic acid groups (broad SMARTS) is 1. The lowest BCUT2D eigenvalue weighted by Gasteiger charge is -2.18. The number of rotatable bonds is 5. The zero-order chi connectivity index (χ0) is 14.4. The highest BCUT2D eigenvalue weighted by Gasteiger charge is 2.10. The average Bonchev–Trinajstić information content (AvgIpc) is 2.27. The van der Waals surface area contributed by atoms with Gasteiger partial charge in [-0.3, -0.25) is 4.98 Å². The third-order valence-electron chi connectivity index (χ3n) is 2.26. The number of nitrogens with zero attached hydrogens (tertiary/aromatic N) is 2. The quantitative estimate of drug-likeness (QED) is 0.734. The maximum absolute atomic E-state index is 11.7. The summed E-state index contributed by atoms with van der Waals surface area (Å²) in [6.07, 6.45) is 2.61. The molecule has 0 saturated heterocycles. The van der Waals surface area contributed by atoms with Gasteiger partial charge in [0.2, 0.25) is 0 Å². The van der Waals surface area contributed by atoms with Crippen LogP contribution in [0.25, 0.3) is 0 Å². The fourth-order valence-corrected chi connectivity index (χ4v) is 1.61. The van der Waals surface area contributed by atoms with Gasteiger partial charge in [-0.1, -0.05) is 0 Å². The Morgan fingerprint density at radius 2 is 2.11 bits per heavy atom. The molecule has 0 radical (unpaired) electrons. The molecule has 0 aliphatic heterocycles. The largest absolute Gasteiger partial charge is 0.478 e. The molecule has 19 heavy (non-hydrogen) atoms. The van der Waals surface area contributed by atoms with Gasteiger partial charge < -0.3 is 20.6 Å². The number of amides is 2. The molecule has 7 nitrogen and oxygen atoms in total. The number of likely N-dealkylation sites (N-methyl/N-ethyl adjacent to an activating group) is 1. The zero-order valence-electron chi connectivity index (χ0n) is 11.2. The SMILES string of the molecule is CC(CN(C)C)NC(=O)Nc1cncc(C(=O)O)c1. The number of aromatic nitrogens is 1. The summed E-state index contributed by atoms with van der Waals surface area (Å²) in [7, 11) is 3.83. The minimum Gasteiger partial charge on any atom is -0.478 e. The fraction of sp³-hybridized carbons (Fsp3) is 0.417. The Bertz CT molecular complexity index is 462. The Hall–Kier alpha value is -2.15. The van der Waals surface area contributed by atoms with Crippen molar-refractivity contribution in [2.45, 2.75) is 13.0 Å². The van der Waals surface area contributed by atoms with Gasteiger partial charge in [0.05, 0.1) is 17.4 Å². The van der Waals surface area contributed by atoms with Crippen molar-refractivity contribution in [2.75, 3.05) is 26.0 Å². The second kappa shape index (κ2) is 6.69. The number of nitrogens with one attached hydrogen (secondary N) is 2. The predicted molar refractivity (Wildman–Crippen MR) is 71.4 cm³/mol. The first-order valence-corrected chi connectivity index (χ1v) is 5.79. The van der Waals surface area contributed by atoms with Gasteiger partial charge in [0.15, 0.2) is 0 Å². The summed E-state index contributed by atoms with van der Waals surface area (Å²) >= 11 is 0. The van der Waals surface area contributed by atoms with Crippen LogP contribution >= 0.6 is 0 Å². The van der Waals surface area contributed by atoms with Crippen LogP contribution in [-0.4, -0.2) is 53.7 Å². The lowest BCUT2D eigenvalue weighted by molar-refractivity contribution is 0.0696. The smallest absolute Gasteiger partial charge is 0.337 e. The first-order valence-electron chi connectivity index (χ1n) is 5.79. The molecule has 1 rings (SSSR count). The van der Waals surface area contributed by atoms with Crippen LogP contribution in [0.1, 0.15) is 17.3 Å². The van der Waals surface area contributed by atoms with Crippen LogP contribution in [-0.2, 0) is 0 Å². The Morgan fingerprint density at radius 3 is 2.68 bits per heavy atom. The number of hydrogen-bond acceptors (Lipinski definition) is 4. The number of carbonyl (C=O) groups is 2. The summed E-state index contributed by atoms with van der Waals surface area (Å²) < 4.78 is 0. The number of carboxylic acids is 1. The van der Waals surface area contributed by atoms with Crippen LogP contribution in [0.15, 0.2) is 18.5 Å². The van der Waals surface area contributed by atoms with Crippen molar-refractivity contribution in [1.29, 1.82) is 0 Å². The Morgan fingerprint density at radius 1 is 1.42 bits per heavy atom. The van der Waals surface area contributed by atoms with Gasteiger partial charge in [0.25, 0.3) is 0 Å². The highest BCUT2D eigenvalue weighted by molar-refractivity contribution is 5.92. The molecule has 1 aromatic rings. The van der Waals surface area contributed by atoms with E-state index in [1.165, 1.54) is 18.5 Å². The Labute approximate surface area is 111 Å². The second-order valence-corrected chi connectivity index (χ2v) is 4.53. The van der Waals surface area contributed by atoms with Crippen molar-refractivity contribution >= 4 is 17.7 Å². The van der Waals surface area contributed by atoms with Crippen molar-refractivity contribution in [3.8, 4) is 0 Å². The van der Waals surface area contributed by atoms with E-state index in [1.54, 1.807) is 0 Å². The van der Waals surface area contributed by atoms with Crippen LogP contribution < -0.4 is 10.6 Å². The van der Waals surface area contributed by atoms with Gasteiger partial charge in [-0.25, -0.2) is 9.59 Å². The molecular formula is C12H18N4O3. The molecule has 0 aromatic carbocycles. The minimum absolute atomic E-state index is 0.0226. The summed E-state index contributed by atoms with van der Waals surface area (Å²) in [4.78, 5) is 28.1. The number of pyridine rings is 1. The number of anilines is 1. The molecule has 7 heteroatoms. The van der Waals surface area contributed by atoms with Gasteiger partial charge in [0, 0.05) is 18.8 Å². The van der Waals surface area contributed by atoms with E-state index in [9.17, 15) is 9.59 Å². The maximum atomic E-state index is 11.7. The molecule has 3 N–H and O–H groups in total. The van der Waals surface area contributed by atoms with E-state index in [-0.39, 0.29) is 11.6 Å². The molecule has 1 atom stereocenters. The lowest BCUT2D eigenvalue weighted by atomic mass is 10.2. The predicted octanol–water partition coefficient (Wildman–Crippen LogP) is 0.851. The van der Waals surface area contributed by atoms with Crippen LogP contribution in [0, 0.1) is 0 Å². The highest BCUT2D eigenvalue weighted by Crippen LogP contribution is 2.08. The highest BCUT2D eigenvalue weighted by atomic mass is 16.4. The van der Waals surface area contributed by atoms with E-state index >= 15 is 0 Å². The van der Waals surface area contributed by atoms with E-state index in [1.807, 2.05) is 25.9 Å². The summed E-state index contributed by atoms with van der Waals surface area (Å²) in [6.45, 7) is 2.59. The number of urea groups is 1. The Balaban J connectivity index is 2.57. The van der Waals surface area contributed by atoms with E-state index < -0.39 is 12.0 Å². The van der Waals surface area contributed by atoms with Crippen LogP contribution in [0.3, 0.4) is 0 Å². The molecule has 1 unspecified atom stereocenters. The Kier molecular flexibility index (Phi) is 5.25. The van der Waals surface area contributed by atoms with Crippen molar-refractivity contribution in [3.05, 3.63) is 24.0 Å². The van der Waals surface area contributed by atoms with Crippen LogP contribution in [0.4, 0.5) is 10.5 Å². The van der Waals surface area contributed by atoms with Crippen molar-refractivity contribution in [1.82, 2.24) is 15.2 Å². The zero-order valence-corrected chi connectivity index (χ0v) is 11.2. The standard InChI is InChI=1S/C12H18N4O3/c1-8(7-16(2)3)14-12(19)15-10-4-9(11(17)18)5-13-6-10/h4-6,8H,7H2,1-3H3,(H,17,18)(H2,14,15,19). The van der Waals surface area contributed by atoms with Crippen LogP contribution in [0.2, 0.25) is 0 Å². The van der Waals surface area contributed by atoms with E-state index in [2.05, 4.69) is 15.6 Å². The summed E-state index contributed by atoms with van der Waals surface area (Å²) in [5.74, 6) is -1.09. The van der Waals surface area contributed by atoms with Gasteiger partial charge in [-0.05, 0) is 27.1 Å². The molecule has 0 aliphatic carbocycles. The molecule has 0 bridgehead atoms. The summed E-state index contributed by atoms with van der Waals surface area (Å²) in [6, 6.07) is 0.940. The van der Waals surface area contributed by atoms with Crippen molar-refractivity contribution in [2.24, 2.45) is 0 Å². The monoisotopic (exact) mass is 266 g/mol. The van der Waals surface area contributed by atoms with E-state index in [0.29, 0.717) is 12.2 Å². The molecule has 1 aromatic heterocycles. The van der Waals surface area contributed by atoms with Crippen molar-refractivity contribution in [3.63, 3.8) is 0 Å². The first-order chi connectivity index (χ1) is 8.88. The molecule has 0 spiro atoms. The van der Waals surface area contributed by atoms with Gasteiger partial charge in [-0.15, -0.1) is 0 Å². The molecule has 0 saturated carbocycles. The van der Waals surface area contributed by atoms with E-state index in [4.69, 9.17) is 5.11 Å². The number of carbonyl (C=O) groups excluding carboxylic acids is 1. The second-order valence-electron chi connectivity index (χ2n) is 4.53. The van der Waals surface area contributed by atoms with Gasteiger partial charge in [-0.2, -0.15) is 0 Å². The summed E-state index contributed by atoms with van der Waals surface area (Å²) in [5.41, 5.74) is 0.369. The maximum Gasteiger partial charge on any atom is 0.337 e. The molecule has 104 valence electrons. The average molecular weight is 266 g/mol. The van der Waals surface area contributed by atoms with Crippen molar-refractivity contribution < 1.29 is 14.7 Å². The van der Waals surface area contributed by atoms with Gasteiger partial charge >= 0.3 is 12.0 Å². The van der Waals surface area contributed by atoms with E-state index in [0.717, 1.165) is 0 Å². The third-order valence-corrected chi connectivity index (χ3v) is 2.26. The fourth-order valence-electron chi connectivity index (χ4n) is 1.61. The topological polar surface area (TPSA) is 94.6 Å². The molecular weight excluding hydrogens is 248 g/mol. The molecule has 1 heterocycles. The van der Waals surface area contributed by atoms with Gasteiger partial charge in [0.1, 0.15) is 0 Å². The minimum atomic E-state index is -1.09. The summed E-state index contributed by atoms with van der Waals surface area (Å²) in [5, 5.41) is 14.1. The lowest BCUT2D eigenvalue weighted by Crippen LogP contribution is -2.41. The third kappa shape index (κ3) is 5.35. The first kappa shape index (κ1) is 14.9. The number of hydrogen-bond donors (Lipinski definition) is 3. The van der Waals surface area contributed by atoms with Crippen LogP contribution in [0.5, 0.6) is 0 Å². The molecule has 0 fully saturated rings. The molecule has 0 aliphatic rings.